The van der Waals surface area contributed by atoms with Crippen molar-refractivity contribution in [2.75, 3.05) is 11.9 Å². The van der Waals surface area contributed by atoms with Crippen molar-refractivity contribution in [2.24, 2.45) is 0 Å². The third-order valence-corrected chi connectivity index (χ3v) is 4.57. The maximum atomic E-state index is 11.1. The van der Waals surface area contributed by atoms with Gasteiger partial charge in [0, 0.05) is 36.0 Å². The number of carbonyl (C=O) groups excluding carboxylic acids is 1. The van der Waals surface area contributed by atoms with Crippen LogP contribution in [-0.2, 0) is 4.79 Å². The van der Waals surface area contributed by atoms with Crippen LogP contribution in [0.15, 0.2) is 41.8 Å². The fourth-order valence-electron chi connectivity index (χ4n) is 2.23. The van der Waals surface area contributed by atoms with E-state index in [9.17, 15) is 4.79 Å². The molecule has 0 aliphatic rings. The second-order valence-electron chi connectivity index (χ2n) is 5.35. The van der Waals surface area contributed by atoms with E-state index >= 15 is 0 Å². The molecule has 2 aromatic rings. The SMILES string of the molecule is CC(=O)Nc1cccc([C@H](C)NC[C@H](C)c2cccs2)c1. The van der Waals surface area contributed by atoms with E-state index in [2.05, 4.69) is 48.1 Å². The van der Waals surface area contributed by atoms with Crippen molar-refractivity contribution in [3.8, 4) is 0 Å². The first-order valence-electron chi connectivity index (χ1n) is 7.20. The van der Waals surface area contributed by atoms with E-state index in [0.29, 0.717) is 5.92 Å². The lowest BCUT2D eigenvalue weighted by atomic mass is 10.1. The molecule has 112 valence electrons. The van der Waals surface area contributed by atoms with Crippen LogP contribution in [0.1, 0.15) is 43.2 Å². The predicted octanol–water partition coefficient (Wildman–Crippen LogP) is 4.16. The first-order valence-corrected chi connectivity index (χ1v) is 8.08. The van der Waals surface area contributed by atoms with Gasteiger partial charge in [0.15, 0.2) is 0 Å². The van der Waals surface area contributed by atoms with Gasteiger partial charge in [0.1, 0.15) is 0 Å². The van der Waals surface area contributed by atoms with Crippen LogP contribution in [0.25, 0.3) is 0 Å². The number of nitrogens with one attached hydrogen (secondary N) is 2. The Morgan fingerprint density at radius 3 is 2.71 bits per heavy atom. The highest BCUT2D eigenvalue weighted by atomic mass is 32.1. The molecule has 0 saturated heterocycles. The van der Waals surface area contributed by atoms with Gasteiger partial charge >= 0.3 is 0 Å². The van der Waals surface area contributed by atoms with Crippen LogP contribution in [0.2, 0.25) is 0 Å². The standard InChI is InChI=1S/C17H22N2OS/c1-12(17-8-5-9-21-17)11-18-13(2)15-6-4-7-16(10-15)19-14(3)20/h4-10,12-13,18H,11H2,1-3H3,(H,19,20)/t12-,13-/m0/s1. The number of thiophene rings is 1. The van der Waals surface area contributed by atoms with Gasteiger partial charge in [-0.25, -0.2) is 0 Å². The number of carbonyl (C=O) groups is 1. The molecular weight excluding hydrogens is 280 g/mol. The molecule has 21 heavy (non-hydrogen) atoms. The van der Waals surface area contributed by atoms with Gasteiger partial charge in [0.2, 0.25) is 5.91 Å². The van der Waals surface area contributed by atoms with E-state index in [1.165, 1.54) is 17.4 Å². The molecule has 0 spiro atoms. The van der Waals surface area contributed by atoms with Crippen LogP contribution in [-0.4, -0.2) is 12.5 Å². The molecule has 2 N–H and O–H groups in total. The fraction of sp³-hybridized carbons (Fsp3) is 0.353. The maximum absolute atomic E-state index is 11.1. The fourth-order valence-corrected chi connectivity index (χ4v) is 3.02. The minimum absolute atomic E-state index is 0.0425. The zero-order valence-electron chi connectivity index (χ0n) is 12.7. The van der Waals surface area contributed by atoms with E-state index < -0.39 is 0 Å². The molecular formula is C17H22N2OS. The molecule has 1 amide bonds. The van der Waals surface area contributed by atoms with Crippen molar-refractivity contribution >= 4 is 22.9 Å². The highest BCUT2D eigenvalue weighted by molar-refractivity contribution is 7.10. The Hall–Kier alpha value is -1.65. The molecule has 0 aliphatic carbocycles. The van der Waals surface area contributed by atoms with Gasteiger partial charge in [-0.2, -0.15) is 0 Å². The molecule has 0 radical (unpaired) electrons. The molecule has 0 aliphatic heterocycles. The normalized spacial score (nSPS) is 13.7. The van der Waals surface area contributed by atoms with Gasteiger partial charge in [-0.15, -0.1) is 11.3 Å². The molecule has 0 bridgehead atoms. The Labute approximate surface area is 130 Å². The van der Waals surface area contributed by atoms with Crippen LogP contribution in [0.5, 0.6) is 0 Å². The zero-order valence-corrected chi connectivity index (χ0v) is 13.5. The Kier molecular flexibility index (Phi) is 5.53. The lowest BCUT2D eigenvalue weighted by molar-refractivity contribution is -0.114. The van der Waals surface area contributed by atoms with Crippen molar-refractivity contribution in [3.05, 3.63) is 52.2 Å². The molecule has 0 fully saturated rings. The lowest BCUT2D eigenvalue weighted by Crippen LogP contribution is -2.23. The second kappa shape index (κ2) is 7.38. The molecule has 0 saturated carbocycles. The smallest absolute Gasteiger partial charge is 0.221 e. The highest BCUT2D eigenvalue weighted by Crippen LogP contribution is 2.22. The summed E-state index contributed by atoms with van der Waals surface area (Å²) in [6, 6.07) is 12.5. The van der Waals surface area contributed by atoms with E-state index in [-0.39, 0.29) is 11.9 Å². The Morgan fingerprint density at radius 1 is 1.24 bits per heavy atom. The molecule has 4 heteroatoms. The summed E-state index contributed by atoms with van der Waals surface area (Å²) in [5.74, 6) is 0.463. The number of rotatable bonds is 6. The van der Waals surface area contributed by atoms with Crippen molar-refractivity contribution in [3.63, 3.8) is 0 Å². The lowest BCUT2D eigenvalue weighted by Gasteiger charge is -2.18. The maximum Gasteiger partial charge on any atom is 0.221 e. The van der Waals surface area contributed by atoms with Gasteiger partial charge in [0.25, 0.3) is 0 Å². The average Bonchev–Trinajstić information content (AvgIpc) is 2.98. The number of amides is 1. The minimum atomic E-state index is -0.0425. The van der Waals surface area contributed by atoms with Crippen molar-refractivity contribution < 1.29 is 4.79 Å². The molecule has 3 nitrogen and oxygen atoms in total. The Morgan fingerprint density at radius 2 is 2.05 bits per heavy atom. The van der Waals surface area contributed by atoms with Gasteiger partial charge in [-0.1, -0.05) is 25.1 Å². The Balaban J connectivity index is 1.93. The number of hydrogen-bond donors (Lipinski definition) is 2. The van der Waals surface area contributed by atoms with Crippen molar-refractivity contribution in [2.45, 2.75) is 32.7 Å². The van der Waals surface area contributed by atoms with Gasteiger partial charge in [-0.05, 0) is 36.1 Å². The summed E-state index contributed by atoms with van der Waals surface area (Å²) in [6.07, 6.45) is 0. The molecule has 1 aromatic carbocycles. The Bertz CT molecular complexity index is 580. The number of hydrogen-bond acceptors (Lipinski definition) is 3. The topological polar surface area (TPSA) is 41.1 Å². The summed E-state index contributed by atoms with van der Waals surface area (Å²) in [6.45, 7) is 6.84. The first kappa shape index (κ1) is 15.7. The van der Waals surface area contributed by atoms with Crippen LogP contribution in [0.4, 0.5) is 5.69 Å². The monoisotopic (exact) mass is 302 g/mol. The number of benzene rings is 1. The quantitative estimate of drug-likeness (QED) is 0.841. The molecule has 2 atom stereocenters. The minimum Gasteiger partial charge on any atom is -0.326 e. The summed E-state index contributed by atoms with van der Waals surface area (Å²) in [7, 11) is 0. The third-order valence-electron chi connectivity index (χ3n) is 3.47. The number of anilines is 1. The van der Waals surface area contributed by atoms with Gasteiger partial charge in [0.05, 0.1) is 0 Å². The summed E-state index contributed by atoms with van der Waals surface area (Å²) in [5.41, 5.74) is 2.03. The van der Waals surface area contributed by atoms with Crippen molar-refractivity contribution in [1.29, 1.82) is 0 Å². The van der Waals surface area contributed by atoms with Crippen LogP contribution < -0.4 is 10.6 Å². The van der Waals surface area contributed by atoms with Crippen molar-refractivity contribution in [1.82, 2.24) is 5.32 Å². The van der Waals surface area contributed by atoms with E-state index in [1.54, 1.807) is 11.3 Å². The first-order chi connectivity index (χ1) is 10.1. The van der Waals surface area contributed by atoms with Crippen LogP contribution >= 0.6 is 11.3 Å². The molecule has 1 heterocycles. The molecule has 2 rings (SSSR count). The van der Waals surface area contributed by atoms with E-state index in [0.717, 1.165) is 12.2 Å². The second-order valence-corrected chi connectivity index (χ2v) is 6.33. The molecule has 1 aromatic heterocycles. The van der Waals surface area contributed by atoms with Crippen LogP contribution in [0.3, 0.4) is 0 Å². The third kappa shape index (κ3) is 4.69. The molecule has 0 unspecified atom stereocenters. The zero-order chi connectivity index (χ0) is 15.2. The van der Waals surface area contributed by atoms with E-state index in [1.807, 2.05) is 18.2 Å². The summed E-state index contributed by atoms with van der Waals surface area (Å²) < 4.78 is 0. The van der Waals surface area contributed by atoms with Gasteiger partial charge < -0.3 is 10.6 Å². The summed E-state index contributed by atoms with van der Waals surface area (Å²) >= 11 is 1.80. The van der Waals surface area contributed by atoms with E-state index in [4.69, 9.17) is 0 Å². The highest BCUT2D eigenvalue weighted by Gasteiger charge is 2.10. The summed E-state index contributed by atoms with van der Waals surface area (Å²) in [4.78, 5) is 12.5. The predicted molar refractivity (Wildman–Crippen MR) is 89.9 cm³/mol. The van der Waals surface area contributed by atoms with Gasteiger partial charge in [-0.3, -0.25) is 4.79 Å². The average molecular weight is 302 g/mol. The summed E-state index contributed by atoms with van der Waals surface area (Å²) in [5, 5.41) is 8.50. The largest absolute Gasteiger partial charge is 0.326 e. The van der Waals surface area contributed by atoms with Crippen LogP contribution in [0, 0.1) is 0 Å².